The van der Waals surface area contributed by atoms with Crippen molar-refractivity contribution in [1.82, 2.24) is 5.32 Å². The minimum absolute atomic E-state index is 0.104. The summed E-state index contributed by atoms with van der Waals surface area (Å²) in [4.78, 5) is 0. The van der Waals surface area contributed by atoms with E-state index in [2.05, 4.69) is 5.32 Å². The third-order valence-electron chi connectivity index (χ3n) is 2.49. The molecule has 0 aromatic carbocycles. The second kappa shape index (κ2) is 3.86. The molecule has 0 heterocycles. The monoisotopic (exact) mass is 195 g/mol. The molecular weight excluding hydrogens is 179 g/mol. The summed E-state index contributed by atoms with van der Waals surface area (Å²) < 4.78 is 37.5. The Labute approximate surface area is 76.7 Å². The largest absolute Gasteiger partial charge is 0.404 e. The Kier molecular flexibility index (Phi) is 3.22. The third kappa shape index (κ3) is 2.86. The van der Waals surface area contributed by atoms with E-state index in [1.54, 1.807) is 13.8 Å². The molecule has 1 N–H and O–H groups in total. The first-order valence-electron chi connectivity index (χ1n) is 4.74. The van der Waals surface area contributed by atoms with Gasteiger partial charge in [0.05, 0.1) is 0 Å². The Morgan fingerprint density at radius 3 is 2.00 bits per heavy atom. The lowest BCUT2D eigenvalue weighted by Crippen LogP contribution is -2.52. The summed E-state index contributed by atoms with van der Waals surface area (Å²) in [5, 5.41) is 2.60. The zero-order chi connectivity index (χ0) is 10.1. The highest BCUT2D eigenvalue weighted by molar-refractivity contribution is 4.88. The van der Waals surface area contributed by atoms with Gasteiger partial charge in [0, 0.05) is 6.04 Å². The first kappa shape index (κ1) is 10.8. The maximum atomic E-state index is 12.5. The average Bonchev–Trinajstić information content (AvgIpc) is 1.78. The van der Waals surface area contributed by atoms with Crippen LogP contribution >= 0.6 is 0 Å². The van der Waals surface area contributed by atoms with Crippen molar-refractivity contribution < 1.29 is 13.2 Å². The fourth-order valence-electron chi connectivity index (χ4n) is 1.63. The van der Waals surface area contributed by atoms with Crippen LogP contribution in [-0.4, -0.2) is 18.3 Å². The Hall–Kier alpha value is -0.250. The average molecular weight is 195 g/mol. The fraction of sp³-hybridized carbons (Fsp3) is 1.00. The van der Waals surface area contributed by atoms with Crippen LogP contribution in [-0.2, 0) is 0 Å². The standard InChI is InChI=1S/C9H16F3N/c1-6(2)13-8(9(10,11)12)7-4-3-5-7/h6-8,13H,3-5H2,1-2H3. The molecule has 0 saturated heterocycles. The van der Waals surface area contributed by atoms with Crippen molar-refractivity contribution >= 4 is 0 Å². The summed E-state index contributed by atoms with van der Waals surface area (Å²) in [5.74, 6) is -0.192. The Balaban J connectivity index is 2.53. The van der Waals surface area contributed by atoms with Crippen LogP contribution in [0.1, 0.15) is 33.1 Å². The molecule has 1 fully saturated rings. The first-order chi connectivity index (χ1) is 5.91. The van der Waals surface area contributed by atoms with E-state index in [0.717, 1.165) is 6.42 Å². The van der Waals surface area contributed by atoms with E-state index in [-0.39, 0.29) is 12.0 Å². The number of hydrogen-bond donors (Lipinski definition) is 1. The predicted octanol–water partition coefficient (Wildman–Crippen LogP) is 2.72. The number of halogens is 3. The van der Waals surface area contributed by atoms with Crippen molar-refractivity contribution in [3.63, 3.8) is 0 Å². The van der Waals surface area contributed by atoms with Crippen LogP contribution in [0.25, 0.3) is 0 Å². The van der Waals surface area contributed by atoms with Gasteiger partial charge in [-0.1, -0.05) is 20.3 Å². The van der Waals surface area contributed by atoms with E-state index in [9.17, 15) is 13.2 Å². The molecular formula is C9H16F3N. The van der Waals surface area contributed by atoms with Crippen LogP contribution in [0.5, 0.6) is 0 Å². The molecule has 0 aliphatic heterocycles. The van der Waals surface area contributed by atoms with Crippen molar-refractivity contribution in [3.8, 4) is 0 Å². The van der Waals surface area contributed by atoms with Crippen molar-refractivity contribution in [3.05, 3.63) is 0 Å². The number of rotatable bonds is 3. The zero-order valence-electron chi connectivity index (χ0n) is 7.99. The van der Waals surface area contributed by atoms with Gasteiger partial charge >= 0.3 is 6.18 Å². The summed E-state index contributed by atoms with van der Waals surface area (Å²) in [5.41, 5.74) is 0. The maximum absolute atomic E-state index is 12.5. The molecule has 0 bridgehead atoms. The quantitative estimate of drug-likeness (QED) is 0.730. The molecule has 1 nitrogen and oxygen atoms in total. The lowest BCUT2D eigenvalue weighted by molar-refractivity contribution is -0.175. The van der Waals surface area contributed by atoms with Gasteiger partial charge < -0.3 is 5.32 Å². The van der Waals surface area contributed by atoms with Crippen LogP contribution in [0.15, 0.2) is 0 Å². The normalized spacial score (nSPS) is 21.7. The minimum Gasteiger partial charge on any atom is -0.304 e. The van der Waals surface area contributed by atoms with E-state index in [1.807, 2.05) is 0 Å². The van der Waals surface area contributed by atoms with E-state index in [4.69, 9.17) is 0 Å². The summed E-state index contributed by atoms with van der Waals surface area (Å²) in [7, 11) is 0. The highest BCUT2D eigenvalue weighted by Crippen LogP contribution is 2.37. The van der Waals surface area contributed by atoms with Crippen LogP contribution in [0.4, 0.5) is 13.2 Å². The topological polar surface area (TPSA) is 12.0 Å². The van der Waals surface area contributed by atoms with Gasteiger partial charge in [0.2, 0.25) is 0 Å². The van der Waals surface area contributed by atoms with Crippen LogP contribution in [0, 0.1) is 5.92 Å². The number of alkyl halides is 3. The molecule has 0 aromatic rings. The Bertz CT molecular complexity index is 161. The van der Waals surface area contributed by atoms with Gasteiger partial charge in [0.25, 0.3) is 0 Å². The molecule has 0 amide bonds. The lowest BCUT2D eigenvalue weighted by atomic mass is 9.79. The predicted molar refractivity (Wildman–Crippen MR) is 45.5 cm³/mol. The van der Waals surface area contributed by atoms with E-state index >= 15 is 0 Å². The van der Waals surface area contributed by atoms with Gasteiger partial charge in [-0.2, -0.15) is 13.2 Å². The van der Waals surface area contributed by atoms with Crippen LogP contribution in [0.2, 0.25) is 0 Å². The highest BCUT2D eigenvalue weighted by atomic mass is 19.4. The zero-order valence-corrected chi connectivity index (χ0v) is 7.99. The molecule has 0 radical (unpaired) electrons. The molecule has 1 unspecified atom stereocenters. The minimum atomic E-state index is -4.09. The number of hydrogen-bond acceptors (Lipinski definition) is 1. The fourth-order valence-corrected chi connectivity index (χ4v) is 1.63. The Morgan fingerprint density at radius 1 is 1.23 bits per heavy atom. The van der Waals surface area contributed by atoms with Crippen molar-refractivity contribution in [1.29, 1.82) is 0 Å². The third-order valence-corrected chi connectivity index (χ3v) is 2.49. The lowest BCUT2D eigenvalue weighted by Gasteiger charge is -2.36. The summed E-state index contributed by atoms with van der Waals surface area (Å²) in [6.45, 7) is 3.49. The second-order valence-corrected chi connectivity index (χ2v) is 4.03. The van der Waals surface area contributed by atoms with Crippen molar-refractivity contribution in [2.24, 2.45) is 5.92 Å². The molecule has 1 atom stereocenters. The molecule has 1 saturated carbocycles. The number of nitrogens with one attached hydrogen (secondary N) is 1. The molecule has 78 valence electrons. The van der Waals surface area contributed by atoms with E-state index in [1.165, 1.54) is 0 Å². The van der Waals surface area contributed by atoms with E-state index < -0.39 is 12.2 Å². The molecule has 0 spiro atoms. The molecule has 1 aliphatic carbocycles. The van der Waals surface area contributed by atoms with Gasteiger partial charge in [-0.3, -0.25) is 0 Å². The van der Waals surface area contributed by atoms with Crippen molar-refractivity contribution in [2.75, 3.05) is 0 Å². The summed E-state index contributed by atoms with van der Waals surface area (Å²) in [6, 6.07) is -1.39. The van der Waals surface area contributed by atoms with Gasteiger partial charge in [0.1, 0.15) is 6.04 Å². The molecule has 1 rings (SSSR count). The van der Waals surface area contributed by atoms with Gasteiger partial charge in [0.15, 0.2) is 0 Å². The highest BCUT2D eigenvalue weighted by Gasteiger charge is 2.46. The van der Waals surface area contributed by atoms with Gasteiger partial charge in [-0.25, -0.2) is 0 Å². The van der Waals surface area contributed by atoms with Gasteiger partial charge in [-0.05, 0) is 18.8 Å². The second-order valence-electron chi connectivity index (χ2n) is 4.03. The first-order valence-corrected chi connectivity index (χ1v) is 4.74. The van der Waals surface area contributed by atoms with Crippen molar-refractivity contribution in [2.45, 2.75) is 51.4 Å². The van der Waals surface area contributed by atoms with E-state index in [0.29, 0.717) is 12.8 Å². The SMILES string of the molecule is CC(C)NC(C1CCC1)C(F)(F)F. The summed E-state index contributed by atoms with van der Waals surface area (Å²) >= 11 is 0. The van der Waals surface area contributed by atoms with Crippen LogP contribution < -0.4 is 5.32 Å². The smallest absolute Gasteiger partial charge is 0.304 e. The van der Waals surface area contributed by atoms with Gasteiger partial charge in [-0.15, -0.1) is 0 Å². The molecule has 4 heteroatoms. The maximum Gasteiger partial charge on any atom is 0.404 e. The summed E-state index contributed by atoms with van der Waals surface area (Å²) in [6.07, 6.45) is -1.72. The Morgan fingerprint density at radius 2 is 1.77 bits per heavy atom. The molecule has 13 heavy (non-hydrogen) atoms. The molecule has 1 aliphatic rings. The van der Waals surface area contributed by atoms with Crippen LogP contribution in [0.3, 0.4) is 0 Å². The molecule has 0 aromatic heterocycles.